The smallest absolute Gasteiger partial charge is 0.416 e. The summed E-state index contributed by atoms with van der Waals surface area (Å²) in [4.78, 5) is 24.6. The van der Waals surface area contributed by atoms with Gasteiger partial charge in [0.05, 0.1) is 16.7 Å². The first kappa shape index (κ1) is 31.4. The first-order valence-corrected chi connectivity index (χ1v) is 13.7. The molecule has 0 radical (unpaired) electrons. The number of halogens is 6. The number of fused-ring (bicyclic) bond motifs is 1. The summed E-state index contributed by atoms with van der Waals surface area (Å²) in [6.07, 6.45) is -9.74. The fourth-order valence-electron chi connectivity index (χ4n) is 5.36. The Hall–Kier alpha value is -5.06. The number of nitrogens with zero attached hydrogens (tertiary/aromatic N) is 1. The van der Waals surface area contributed by atoms with Gasteiger partial charge in [-0.3, -0.25) is 4.79 Å². The standard InChI is InChI=1S/C34H26F6N2O3/c1-19-20(2)42(18-21-7-9-22(10-8-21)26-5-3-4-6-27(26)32(44)45)30-14-11-23(16-28(19)30)31(43)41-17-24-15-25(33(35,36)37)12-13-29(24)34(38,39)40/h3-16H,17-18H2,1-2H3,(H,41,43)(H,44,45). The predicted octanol–water partition coefficient (Wildman–Crippen LogP) is 8.64. The van der Waals surface area contributed by atoms with Gasteiger partial charge in [0, 0.05) is 35.2 Å². The second-order valence-corrected chi connectivity index (χ2v) is 10.6. The lowest BCUT2D eigenvalue weighted by Crippen LogP contribution is -2.25. The molecule has 0 saturated carbocycles. The maximum absolute atomic E-state index is 13.5. The van der Waals surface area contributed by atoms with E-state index < -0.39 is 47.5 Å². The molecule has 0 spiro atoms. The minimum absolute atomic E-state index is 0.143. The molecule has 11 heteroatoms. The monoisotopic (exact) mass is 624 g/mol. The minimum Gasteiger partial charge on any atom is -0.478 e. The highest BCUT2D eigenvalue weighted by Crippen LogP contribution is 2.37. The third kappa shape index (κ3) is 6.43. The van der Waals surface area contributed by atoms with Gasteiger partial charge in [-0.1, -0.05) is 42.5 Å². The lowest BCUT2D eigenvalue weighted by Gasteiger charge is -2.16. The molecular formula is C34H26F6N2O3. The van der Waals surface area contributed by atoms with Gasteiger partial charge in [0.2, 0.25) is 0 Å². The van der Waals surface area contributed by atoms with Crippen molar-refractivity contribution in [1.29, 1.82) is 0 Å². The number of aromatic nitrogens is 1. The first-order chi connectivity index (χ1) is 21.1. The van der Waals surface area contributed by atoms with E-state index in [0.717, 1.165) is 33.3 Å². The average molecular weight is 625 g/mol. The van der Waals surface area contributed by atoms with E-state index in [1.165, 1.54) is 6.07 Å². The summed E-state index contributed by atoms with van der Waals surface area (Å²) in [6.45, 7) is 3.51. The van der Waals surface area contributed by atoms with Gasteiger partial charge in [-0.05, 0) is 84.1 Å². The number of carbonyl (C=O) groups is 2. The Morgan fingerprint density at radius 3 is 2.16 bits per heavy atom. The van der Waals surface area contributed by atoms with E-state index in [2.05, 4.69) is 5.32 Å². The van der Waals surface area contributed by atoms with Crippen molar-refractivity contribution >= 4 is 22.8 Å². The molecule has 5 nitrogen and oxygen atoms in total. The third-order valence-corrected chi connectivity index (χ3v) is 7.84. The summed E-state index contributed by atoms with van der Waals surface area (Å²) in [7, 11) is 0. The van der Waals surface area contributed by atoms with Crippen LogP contribution in [0.3, 0.4) is 0 Å². The van der Waals surface area contributed by atoms with Crippen molar-refractivity contribution in [1.82, 2.24) is 9.88 Å². The van der Waals surface area contributed by atoms with Crippen molar-refractivity contribution in [2.75, 3.05) is 0 Å². The van der Waals surface area contributed by atoms with Crippen LogP contribution in [-0.4, -0.2) is 21.6 Å². The van der Waals surface area contributed by atoms with Crippen LogP contribution >= 0.6 is 0 Å². The molecule has 1 aromatic heterocycles. The maximum Gasteiger partial charge on any atom is 0.416 e. The molecule has 0 aliphatic carbocycles. The zero-order valence-electron chi connectivity index (χ0n) is 24.0. The van der Waals surface area contributed by atoms with Crippen molar-refractivity contribution in [3.8, 4) is 11.1 Å². The number of hydrogen-bond acceptors (Lipinski definition) is 2. The number of carboxylic acids is 1. The van der Waals surface area contributed by atoms with Crippen molar-refractivity contribution in [2.45, 2.75) is 39.3 Å². The zero-order chi connectivity index (χ0) is 32.7. The van der Waals surface area contributed by atoms with Crippen LogP contribution in [0.4, 0.5) is 26.3 Å². The zero-order valence-corrected chi connectivity index (χ0v) is 24.0. The molecule has 0 unspecified atom stereocenters. The Bertz CT molecular complexity index is 1920. The van der Waals surface area contributed by atoms with Crippen LogP contribution in [0.2, 0.25) is 0 Å². The number of amides is 1. The third-order valence-electron chi connectivity index (χ3n) is 7.84. The Kier molecular flexibility index (Phi) is 8.22. The fraction of sp³-hybridized carbons (Fsp3) is 0.176. The van der Waals surface area contributed by atoms with E-state index >= 15 is 0 Å². The van der Waals surface area contributed by atoms with Crippen LogP contribution in [0, 0.1) is 13.8 Å². The summed E-state index contributed by atoms with van der Waals surface area (Å²) in [5.41, 5.74) is 2.05. The average Bonchev–Trinajstić information content (AvgIpc) is 3.23. The highest BCUT2D eigenvalue weighted by molar-refractivity contribution is 5.99. The summed E-state index contributed by atoms with van der Waals surface area (Å²) in [6, 6.07) is 20.2. The Labute approximate surface area is 253 Å². The van der Waals surface area contributed by atoms with Crippen LogP contribution in [0.1, 0.15) is 54.2 Å². The predicted molar refractivity (Wildman–Crippen MR) is 157 cm³/mol. The highest BCUT2D eigenvalue weighted by atomic mass is 19.4. The molecule has 0 aliphatic heterocycles. The molecule has 0 atom stereocenters. The fourth-order valence-corrected chi connectivity index (χ4v) is 5.36. The SMILES string of the molecule is Cc1c(C)n(Cc2ccc(-c3ccccc3C(=O)O)cc2)c2ccc(C(=O)NCc3cc(C(F)(F)F)ccc3C(F)(F)F)cc12. The molecule has 2 N–H and O–H groups in total. The van der Waals surface area contributed by atoms with E-state index in [-0.39, 0.29) is 11.1 Å². The topological polar surface area (TPSA) is 71.3 Å². The van der Waals surface area contributed by atoms with E-state index in [4.69, 9.17) is 0 Å². The molecular weight excluding hydrogens is 598 g/mol. The molecule has 5 aromatic rings. The van der Waals surface area contributed by atoms with E-state index in [1.54, 1.807) is 36.4 Å². The second kappa shape index (κ2) is 11.8. The molecule has 0 fully saturated rings. The van der Waals surface area contributed by atoms with Crippen LogP contribution < -0.4 is 5.32 Å². The number of rotatable bonds is 7. The van der Waals surface area contributed by atoms with Crippen LogP contribution in [0.25, 0.3) is 22.0 Å². The summed E-state index contributed by atoms with van der Waals surface area (Å²) in [5.74, 6) is -1.75. The van der Waals surface area contributed by atoms with E-state index in [0.29, 0.717) is 30.3 Å². The Balaban J connectivity index is 1.38. The van der Waals surface area contributed by atoms with Crippen molar-refractivity contribution < 1.29 is 41.0 Å². The number of nitrogens with one attached hydrogen (secondary N) is 1. The lowest BCUT2D eigenvalue weighted by molar-refractivity contribution is -0.141. The molecule has 0 aliphatic rings. The van der Waals surface area contributed by atoms with Gasteiger partial charge in [0.15, 0.2) is 0 Å². The molecule has 4 aromatic carbocycles. The van der Waals surface area contributed by atoms with Gasteiger partial charge in [-0.15, -0.1) is 0 Å². The largest absolute Gasteiger partial charge is 0.478 e. The normalized spacial score (nSPS) is 12.0. The molecule has 1 amide bonds. The summed E-state index contributed by atoms with van der Waals surface area (Å²) < 4.78 is 81.9. The summed E-state index contributed by atoms with van der Waals surface area (Å²) in [5, 5.41) is 12.6. The van der Waals surface area contributed by atoms with Crippen molar-refractivity contribution in [3.63, 3.8) is 0 Å². The Morgan fingerprint density at radius 2 is 1.51 bits per heavy atom. The van der Waals surface area contributed by atoms with Crippen molar-refractivity contribution in [2.24, 2.45) is 0 Å². The van der Waals surface area contributed by atoms with Gasteiger partial charge in [-0.2, -0.15) is 26.3 Å². The van der Waals surface area contributed by atoms with Gasteiger partial charge in [0.25, 0.3) is 5.91 Å². The molecule has 1 heterocycles. The van der Waals surface area contributed by atoms with Crippen LogP contribution in [0.5, 0.6) is 0 Å². The van der Waals surface area contributed by atoms with Gasteiger partial charge in [-0.25, -0.2) is 4.79 Å². The maximum atomic E-state index is 13.5. The number of alkyl halides is 6. The van der Waals surface area contributed by atoms with Gasteiger partial charge in [0.1, 0.15) is 0 Å². The van der Waals surface area contributed by atoms with E-state index in [9.17, 15) is 41.0 Å². The molecule has 0 saturated heterocycles. The quantitative estimate of drug-likeness (QED) is 0.178. The second-order valence-electron chi connectivity index (χ2n) is 10.6. The number of benzene rings is 4. The van der Waals surface area contributed by atoms with Crippen LogP contribution in [-0.2, 0) is 25.4 Å². The molecule has 0 bridgehead atoms. The number of aryl methyl sites for hydroxylation is 1. The van der Waals surface area contributed by atoms with Crippen molar-refractivity contribution in [3.05, 3.63) is 130 Å². The number of carbonyl (C=O) groups excluding carboxylic acids is 1. The lowest BCUT2D eigenvalue weighted by atomic mass is 9.99. The first-order valence-electron chi connectivity index (χ1n) is 13.7. The molecule has 45 heavy (non-hydrogen) atoms. The molecule has 5 rings (SSSR count). The highest BCUT2D eigenvalue weighted by Gasteiger charge is 2.37. The minimum atomic E-state index is -4.90. The summed E-state index contributed by atoms with van der Waals surface area (Å²) >= 11 is 0. The number of aromatic carboxylic acids is 1. The number of carboxylic acid groups (broad SMARTS) is 1. The van der Waals surface area contributed by atoms with E-state index in [1.807, 2.05) is 42.7 Å². The Morgan fingerprint density at radius 1 is 0.822 bits per heavy atom. The van der Waals surface area contributed by atoms with Gasteiger partial charge >= 0.3 is 18.3 Å². The molecule has 232 valence electrons. The van der Waals surface area contributed by atoms with Gasteiger partial charge < -0.3 is 15.0 Å². The van der Waals surface area contributed by atoms with Crippen LogP contribution in [0.15, 0.2) is 84.9 Å². The number of hydrogen-bond donors (Lipinski definition) is 2.